The highest BCUT2D eigenvalue weighted by molar-refractivity contribution is 6.10. The van der Waals surface area contributed by atoms with Crippen LogP contribution in [0.2, 0.25) is 0 Å². The van der Waals surface area contributed by atoms with Crippen LogP contribution in [0.3, 0.4) is 0 Å². The van der Waals surface area contributed by atoms with E-state index in [1.165, 1.54) is 66.4 Å². The van der Waals surface area contributed by atoms with Crippen molar-refractivity contribution in [3.8, 4) is 22.3 Å². The molecule has 2 unspecified atom stereocenters. The predicted molar refractivity (Wildman–Crippen MR) is 188 cm³/mol. The Bertz CT molecular complexity index is 1650. The van der Waals surface area contributed by atoms with Gasteiger partial charge in [-0.3, -0.25) is 0 Å². The molecule has 1 aliphatic carbocycles. The number of benzene rings is 4. The SMILES string of the molecule is C=CCC(N)/C=C(\C)C(C)/C=C\c1cc(-c2c3c(c(-c4ccccc4C)c4ccccc24)CCC=C3)ccc1C.CC. The molecule has 0 saturated heterocycles. The smallest absolute Gasteiger partial charge is 0.0261 e. The van der Waals surface area contributed by atoms with Crippen LogP contribution in [0.1, 0.15) is 68.4 Å². The standard InChI is InChI=1S/C39H41N.C2H6/c1-6-13-32(40)24-29(5)26(2)20-22-30-25-31(23-21-27(30)3)38-34-16-9-11-18-36(34)39(33-15-8-7-14-28(33)4)37-19-12-10-17-35(37)38;1-2/h6-11,14-18,20-26,32H,1,12-13,19,40H2,2-5H3;1-2H3/b22-20-,29-24+;. The summed E-state index contributed by atoms with van der Waals surface area (Å²) in [5.74, 6) is 0.309. The third kappa shape index (κ3) is 6.58. The molecule has 0 amide bonds. The molecule has 0 saturated carbocycles. The van der Waals surface area contributed by atoms with Crippen molar-refractivity contribution in [1.29, 1.82) is 0 Å². The lowest BCUT2D eigenvalue weighted by Gasteiger charge is -2.24. The zero-order chi connectivity index (χ0) is 30.2. The monoisotopic (exact) mass is 553 g/mol. The second-order valence-electron chi connectivity index (χ2n) is 11.3. The fraction of sp³-hybridized carbons (Fsp3) is 0.268. The summed E-state index contributed by atoms with van der Waals surface area (Å²) in [6.45, 7) is 16.6. The minimum absolute atomic E-state index is 0.0218. The van der Waals surface area contributed by atoms with Gasteiger partial charge in [0.25, 0.3) is 0 Å². The van der Waals surface area contributed by atoms with E-state index in [1.807, 2.05) is 19.9 Å². The number of fused-ring (bicyclic) bond motifs is 2. The molecule has 0 fully saturated rings. The minimum atomic E-state index is 0.0218. The second kappa shape index (κ2) is 14.3. The highest BCUT2D eigenvalue weighted by Crippen LogP contribution is 2.45. The van der Waals surface area contributed by atoms with Crippen LogP contribution in [0.5, 0.6) is 0 Å². The molecule has 0 aliphatic heterocycles. The Morgan fingerprint density at radius 2 is 1.62 bits per heavy atom. The number of hydrogen-bond donors (Lipinski definition) is 1. The van der Waals surface area contributed by atoms with Gasteiger partial charge in [-0.1, -0.05) is 123 Å². The van der Waals surface area contributed by atoms with Gasteiger partial charge in [0.15, 0.2) is 0 Å². The van der Waals surface area contributed by atoms with Gasteiger partial charge in [0.05, 0.1) is 0 Å². The topological polar surface area (TPSA) is 26.0 Å². The zero-order valence-electron chi connectivity index (χ0n) is 26.4. The summed E-state index contributed by atoms with van der Waals surface area (Å²) in [7, 11) is 0. The molecule has 0 spiro atoms. The van der Waals surface area contributed by atoms with E-state index in [-0.39, 0.29) is 6.04 Å². The molecule has 1 heteroatoms. The lowest BCUT2D eigenvalue weighted by Crippen LogP contribution is -2.16. The number of aryl methyl sites for hydroxylation is 2. The molecule has 216 valence electrons. The maximum Gasteiger partial charge on any atom is 0.0261 e. The van der Waals surface area contributed by atoms with Crippen LogP contribution in [-0.2, 0) is 6.42 Å². The Kier molecular flexibility index (Phi) is 10.6. The van der Waals surface area contributed by atoms with Crippen molar-refractivity contribution >= 4 is 22.9 Å². The summed E-state index contributed by atoms with van der Waals surface area (Å²) in [4.78, 5) is 0. The Morgan fingerprint density at radius 1 is 0.929 bits per heavy atom. The number of rotatable bonds is 8. The first kappa shape index (κ1) is 31.0. The Labute approximate surface area is 254 Å². The molecule has 0 bridgehead atoms. The fourth-order valence-electron chi connectivity index (χ4n) is 5.98. The molecule has 2 atom stereocenters. The van der Waals surface area contributed by atoms with Crippen molar-refractivity contribution in [2.45, 2.75) is 66.8 Å². The maximum absolute atomic E-state index is 6.22. The molecule has 0 radical (unpaired) electrons. The Balaban J connectivity index is 0.00000198. The van der Waals surface area contributed by atoms with E-state index in [0.29, 0.717) is 5.92 Å². The zero-order valence-corrected chi connectivity index (χ0v) is 26.4. The molecule has 2 N–H and O–H groups in total. The third-order valence-electron chi connectivity index (χ3n) is 8.39. The lowest BCUT2D eigenvalue weighted by molar-refractivity contribution is 0.788. The molecule has 5 rings (SSSR count). The average Bonchev–Trinajstić information content (AvgIpc) is 3.01. The van der Waals surface area contributed by atoms with Crippen molar-refractivity contribution in [2.24, 2.45) is 11.7 Å². The molecule has 0 heterocycles. The van der Waals surface area contributed by atoms with Gasteiger partial charge >= 0.3 is 0 Å². The molecule has 1 aliphatic rings. The molecular weight excluding hydrogens is 506 g/mol. The maximum atomic E-state index is 6.22. The van der Waals surface area contributed by atoms with Crippen molar-refractivity contribution < 1.29 is 0 Å². The Hall–Kier alpha value is -3.94. The van der Waals surface area contributed by atoms with E-state index < -0.39 is 0 Å². The minimum Gasteiger partial charge on any atom is -0.324 e. The van der Waals surface area contributed by atoms with E-state index in [4.69, 9.17) is 5.73 Å². The summed E-state index contributed by atoms with van der Waals surface area (Å²) in [5.41, 5.74) is 19.6. The number of hydrogen-bond acceptors (Lipinski definition) is 1. The quantitative estimate of drug-likeness (QED) is 0.216. The van der Waals surface area contributed by atoms with Gasteiger partial charge in [0.2, 0.25) is 0 Å². The number of allylic oxidation sites excluding steroid dienone is 3. The molecule has 1 nitrogen and oxygen atoms in total. The first-order chi connectivity index (χ1) is 20.4. The van der Waals surface area contributed by atoms with Crippen molar-refractivity contribution in [3.05, 3.63) is 131 Å². The Morgan fingerprint density at radius 3 is 2.33 bits per heavy atom. The average molecular weight is 554 g/mol. The van der Waals surface area contributed by atoms with Crippen molar-refractivity contribution in [2.75, 3.05) is 0 Å². The normalized spacial score (nSPS) is 14.3. The van der Waals surface area contributed by atoms with E-state index >= 15 is 0 Å². The molecule has 4 aromatic carbocycles. The van der Waals surface area contributed by atoms with Crippen LogP contribution in [-0.4, -0.2) is 6.04 Å². The summed E-state index contributed by atoms with van der Waals surface area (Å²) in [6.07, 6.45) is 16.3. The first-order valence-corrected chi connectivity index (χ1v) is 15.5. The summed E-state index contributed by atoms with van der Waals surface area (Å²) >= 11 is 0. The summed E-state index contributed by atoms with van der Waals surface area (Å²) in [6, 6.07) is 24.7. The highest BCUT2D eigenvalue weighted by Gasteiger charge is 2.22. The van der Waals surface area contributed by atoms with Crippen LogP contribution < -0.4 is 5.73 Å². The molecule has 42 heavy (non-hydrogen) atoms. The van der Waals surface area contributed by atoms with E-state index in [0.717, 1.165) is 19.3 Å². The molecular formula is C41H47N. The van der Waals surface area contributed by atoms with Crippen LogP contribution in [0.4, 0.5) is 0 Å². The fourth-order valence-corrected chi connectivity index (χ4v) is 5.98. The van der Waals surface area contributed by atoms with Crippen molar-refractivity contribution in [3.63, 3.8) is 0 Å². The van der Waals surface area contributed by atoms with Gasteiger partial charge in [0.1, 0.15) is 0 Å². The van der Waals surface area contributed by atoms with Crippen LogP contribution in [0, 0.1) is 19.8 Å². The van der Waals surface area contributed by atoms with Crippen LogP contribution in [0.15, 0.2) is 103 Å². The van der Waals surface area contributed by atoms with Crippen LogP contribution >= 0.6 is 0 Å². The number of nitrogens with two attached hydrogens (primary N) is 1. The molecule has 4 aromatic rings. The van der Waals surface area contributed by atoms with E-state index in [1.54, 1.807) is 0 Å². The third-order valence-corrected chi connectivity index (χ3v) is 8.39. The molecule has 0 aromatic heterocycles. The van der Waals surface area contributed by atoms with Gasteiger partial charge in [-0.15, -0.1) is 6.58 Å². The van der Waals surface area contributed by atoms with Gasteiger partial charge in [-0.25, -0.2) is 0 Å². The largest absolute Gasteiger partial charge is 0.324 e. The highest BCUT2D eigenvalue weighted by atomic mass is 14.6. The second-order valence-corrected chi connectivity index (χ2v) is 11.3. The van der Waals surface area contributed by atoms with Gasteiger partial charge in [-0.2, -0.15) is 0 Å². The summed E-state index contributed by atoms with van der Waals surface area (Å²) in [5, 5.41) is 2.65. The van der Waals surface area contributed by atoms with Gasteiger partial charge in [0, 0.05) is 6.04 Å². The van der Waals surface area contributed by atoms with Crippen LogP contribution in [0.25, 0.3) is 45.2 Å². The first-order valence-electron chi connectivity index (χ1n) is 15.5. The van der Waals surface area contributed by atoms with E-state index in [9.17, 15) is 0 Å². The van der Waals surface area contributed by atoms with Gasteiger partial charge in [-0.05, 0) is 113 Å². The van der Waals surface area contributed by atoms with E-state index in [2.05, 4.69) is 131 Å². The van der Waals surface area contributed by atoms with Gasteiger partial charge < -0.3 is 5.73 Å². The lowest BCUT2D eigenvalue weighted by atomic mass is 9.79. The summed E-state index contributed by atoms with van der Waals surface area (Å²) < 4.78 is 0. The predicted octanol–water partition coefficient (Wildman–Crippen LogP) is 11.3. The van der Waals surface area contributed by atoms with Crippen molar-refractivity contribution in [1.82, 2.24) is 0 Å².